The fourth-order valence-electron chi connectivity index (χ4n) is 1.43. The van der Waals surface area contributed by atoms with Gasteiger partial charge >= 0.3 is 0 Å². The van der Waals surface area contributed by atoms with Crippen LogP contribution >= 0.6 is 0 Å². The standard InChI is InChI=1S/C14H31NO2/c1-11(2)7-8-12(3)15-9-13(16)10-17-14(4,5)6/h11-13,15-16H,7-10H2,1-6H3. The molecule has 0 aliphatic rings. The summed E-state index contributed by atoms with van der Waals surface area (Å²) in [7, 11) is 0. The van der Waals surface area contributed by atoms with Gasteiger partial charge in [0.15, 0.2) is 0 Å². The third-order valence-corrected chi connectivity index (χ3v) is 2.59. The van der Waals surface area contributed by atoms with E-state index in [0.717, 1.165) is 12.3 Å². The molecule has 0 aliphatic heterocycles. The number of rotatable bonds is 8. The highest BCUT2D eigenvalue weighted by molar-refractivity contribution is 4.67. The van der Waals surface area contributed by atoms with Crippen LogP contribution in [0.3, 0.4) is 0 Å². The Morgan fingerprint density at radius 1 is 1.12 bits per heavy atom. The van der Waals surface area contributed by atoms with Crippen molar-refractivity contribution < 1.29 is 9.84 Å². The topological polar surface area (TPSA) is 41.5 Å². The molecule has 0 saturated heterocycles. The summed E-state index contributed by atoms with van der Waals surface area (Å²) in [4.78, 5) is 0. The van der Waals surface area contributed by atoms with E-state index >= 15 is 0 Å². The van der Waals surface area contributed by atoms with Gasteiger partial charge in [-0.25, -0.2) is 0 Å². The van der Waals surface area contributed by atoms with Crippen LogP contribution in [0, 0.1) is 5.92 Å². The molecular formula is C14H31NO2. The van der Waals surface area contributed by atoms with Crippen molar-refractivity contribution in [3.63, 3.8) is 0 Å². The Bertz CT molecular complexity index is 187. The van der Waals surface area contributed by atoms with Gasteiger partial charge in [0.05, 0.1) is 18.3 Å². The average molecular weight is 245 g/mol. The quantitative estimate of drug-likeness (QED) is 0.690. The zero-order valence-corrected chi connectivity index (χ0v) is 12.4. The maximum Gasteiger partial charge on any atom is 0.0898 e. The molecule has 0 aliphatic carbocycles. The molecular weight excluding hydrogens is 214 g/mol. The SMILES string of the molecule is CC(C)CCC(C)NCC(O)COC(C)(C)C. The van der Waals surface area contributed by atoms with E-state index in [9.17, 15) is 5.11 Å². The third kappa shape index (κ3) is 12.1. The maximum atomic E-state index is 9.75. The molecule has 0 radical (unpaired) electrons. The van der Waals surface area contributed by atoms with E-state index in [0.29, 0.717) is 19.2 Å². The molecule has 17 heavy (non-hydrogen) atoms. The molecule has 0 amide bonds. The number of nitrogens with one attached hydrogen (secondary N) is 1. The zero-order valence-electron chi connectivity index (χ0n) is 12.4. The van der Waals surface area contributed by atoms with Gasteiger partial charge in [-0.05, 0) is 46.5 Å². The molecule has 2 N–H and O–H groups in total. The first-order valence-electron chi connectivity index (χ1n) is 6.76. The van der Waals surface area contributed by atoms with Gasteiger partial charge in [0.2, 0.25) is 0 Å². The lowest BCUT2D eigenvalue weighted by atomic mass is 10.0. The van der Waals surface area contributed by atoms with Gasteiger partial charge in [-0.1, -0.05) is 13.8 Å². The number of aliphatic hydroxyl groups is 1. The van der Waals surface area contributed by atoms with Crippen molar-refractivity contribution in [2.45, 2.75) is 72.1 Å². The lowest BCUT2D eigenvalue weighted by Crippen LogP contribution is -2.37. The van der Waals surface area contributed by atoms with Crippen LogP contribution in [0.15, 0.2) is 0 Å². The summed E-state index contributed by atoms with van der Waals surface area (Å²) in [6, 6.07) is 0.460. The second-order valence-corrected chi connectivity index (χ2v) is 6.36. The average Bonchev–Trinajstić information content (AvgIpc) is 2.19. The van der Waals surface area contributed by atoms with Crippen LogP contribution in [-0.2, 0) is 4.74 Å². The highest BCUT2D eigenvalue weighted by Gasteiger charge is 2.14. The monoisotopic (exact) mass is 245 g/mol. The Morgan fingerprint density at radius 2 is 1.71 bits per heavy atom. The molecule has 0 aromatic carbocycles. The van der Waals surface area contributed by atoms with Crippen LogP contribution in [0.1, 0.15) is 54.4 Å². The van der Waals surface area contributed by atoms with Crippen molar-refractivity contribution in [2.24, 2.45) is 5.92 Å². The van der Waals surface area contributed by atoms with Crippen molar-refractivity contribution in [2.75, 3.05) is 13.2 Å². The summed E-state index contributed by atoms with van der Waals surface area (Å²) in [6.45, 7) is 13.6. The normalized spacial score (nSPS) is 16.2. The molecule has 0 aromatic rings. The number of aliphatic hydroxyl groups excluding tert-OH is 1. The lowest BCUT2D eigenvalue weighted by molar-refractivity contribution is -0.0483. The van der Waals surface area contributed by atoms with Gasteiger partial charge in [0, 0.05) is 12.6 Å². The van der Waals surface area contributed by atoms with Crippen molar-refractivity contribution in [1.29, 1.82) is 0 Å². The minimum atomic E-state index is -0.421. The first-order chi connectivity index (χ1) is 7.70. The van der Waals surface area contributed by atoms with Crippen LogP contribution in [-0.4, -0.2) is 36.0 Å². The lowest BCUT2D eigenvalue weighted by Gasteiger charge is -2.23. The largest absolute Gasteiger partial charge is 0.389 e. The van der Waals surface area contributed by atoms with E-state index in [1.807, 2.05) is 20.8 Å². The number of hydrogen-bond donors (Lipinski definition) is 2. The van der Waals surface area contributed by atoms with Gasteiger partial charge < -0.3 is 15.2 Å². The summed E-state index contributed by atoms with van der Waals surface area (Å²) in [5, 5.41) is 13.1. The van der Waals surface area contributed by atoms with Gasteiger partial charge in [-0.3, -0.25) is 0 Å². The van der Waals surface area contributed by atoms with E-state index in [1.165, 1.54) is 6.42 Å². The Morgan fingerprint density at radius 3 is 2.18 bits per heavy atom. The Balaban J connectivity index is 3.58. The molecule has 3 nitrogen and oxygen atoms in total. The highest BCUT2D eigenvalue weighted by Crippen LogP contribution is 2.08. The number of ether oxygens (including phenoxy) is 1. The zero-order chi connectivity index (χ0) is 13.5. The summed E-state index contributed by atoms with van der Waals surface area (Å²) < 4.78 is 5.53. The first-order valence-corrected chi connectivity index (χ1v) is 6.76. The molecule has 0 fully saturated rings. The van der Waals surface area contributed by atoms with E-state index < -0.39 is 6.10 Å². The first kappa shape index (κ1) is 16.9. The van der Waals surface area contributed by atoms with E-state index in [2.05, 4.69) is 26.1 Å². The van der Waals surface area contributed by atoms with E-state index in [4.69, 9.17) is 4.74 Å². The molecule has 0 aromatic heterocycles. The predicted molar refractivity (Wildman–Crippen MR) is 73.2 cm³/mol. The van der Waals surface area contributed by atoms with E-state index in [-0.39, 0.29) is 5.60 Å². The third-order valence-electron chi connectivity index (χ3n) is 2.59. The summed E-state index contributed by atoms with van der Waals surface area (Å²) >= 11 is 0. The van der Waals surface area contributed by atoms with Crippen molar-refractivity contribution >= 4 is 0 Å². The predicted octanol–water partition coefficient (Wildman–Crippen LogP) is 2.58. The summed E-state index contributed by atoms with van der Waals surface area (Å²) in [6.07, 6.45) is 1.96. The molecule has 0 rings (SSSR count). The van der Waals surface area contributed by atoms with Crippen LogP contribution in [0.5, 0.6) is 0 Å². The molecule has 0 spiro atoms. The second-order valence-electron chi connectivity index (χ2n) is 6.36. The molecule has 104 valence electrons. The second kappa shape index (κ2) is 8.06. The van der Waals surface area contributed by atoms with Crippen molar-refractivity contribution in [1.82, 2.24) is 5.32 Å². The summed E-state index contributed by atoms with van der Waals surface area (Å²) in [5.74, 6) is 0.744. The van der Waals surface area contributed by atoms with Gasteiger partial charge in [0.1, 0.15) is 0 Å². The molecule has 0 heterocycles. The molecule has 0 bridgehead atoms. The van der Waals surface area contributed by atoms with Gasteiger partial charge in [0.25, 0.3) is 0 Å². The molecule has 0 saturated carbocycles. The van der Waals surface area contributed by atoms with Gasteiger partial charge in [-0.15, -0.1) is 0 Å². The minimum Gasteiger partial charge on any atom is -0.389 e. The van der Waals surface area contributed by atoms with Crippen LogP contribution in [0.2, 0.25) is 0 Å². The summed E-state index contributed by atoms with van der Waals surface area (Å²) in [5.41, 5.74) is -0.176. The minimum absolute atomic E-state index is 0.176. The molecule has 3 heteroatoms. The Labute approximate surface area is 107 Å². The van der Waals surface area contributed by atoms with Crippen molar-refractivity contribution in [3.05, 3.63) is 0 Å². The van der Waals surface area contributed by atoms with E-state index in [1.54, 1.807) is 0 Å². The number of hydrogen-bond acceptors (Lipinski definition) is 3. The molecule has 2 atom stereocenters. The van der Waals surface area contributed by atoms with Gasteiger partial charge in [-0.2, -0.15) is 0 Å². The van der Waals surface area contributed by atoms with Crippen LogP contribution in [0.25, 0.3) is 0 Å². The van der Waals surface area contributed by atoms with Crippen LogP contribution < -0.4 is 5.32 Å². The highest BCUT2D eigenvalue weighted by atomic mass is 16.5. The Kier molecular flexibility index (Phi) is 8.01. The maximum absolute atomic E-state index is 9.75. The van der Waals surface area contributed by atoms with Crippen LogP contribution in [0.4, 0.5) is 0 Å². The van der Waals surface area contributed by atoms with Crippen molar-refractivity contribution in [3.8, 4) is 0 Å². The fraction of sp³-hybridized carbons (Fsp3) is 1.00. The Hall–Kier alpha value is -0.120. The molecule has 2 unspecified atom stereocenters. The smallest absolute Gasteiger partial charge is 0.0898 e. The fourth-order valence-corrected chi connectivity index (χ4v) is 1.43.